The molecule has 0 unspecified atom stereocenters. The third-order valence-corrected chi connectivity index (χ3v) is 4.83. The van der Waals surface area contributed by atoms with Crippen molar-refractivity contribution in [2.75, 3.05) is 19.5 Å². The third kappa shape index (κ3) is 4.62. The van der Waals surface area contributed by atoms with Crippen molar-refractivity contribution in [1.29, 1.82) is 0 Å². The summed E-state index contributed by atoms with van der Waals surface area (Å²) in [6, 6.07) is 11.4. The van der Waals surface area contributed by atoms with Crippen molar-refractivity contribution in [3.05, 3.63) is 53.3 Å². The molecule has 30 heavy (non-hydrogen) atoms. The minimum Gasteiger partial charge on any atom is -0.493 e. The second kappa shape index (κ2) is 9.43. The summed E-state index contributed by atoms with van der Waals surface area (Å²) >= 11 is 0. The number of nitrogens with one attached hydrogen (secondary N) is 1. The Bertz CT molecular complexity index is 1030. The first kappa shape index (κ1) is 21.4. The lowest BCUT2D eigenvalue weighted by atomic mass is 10.1. The summed E-state index contributed by atoms with van der Waals surface area (Å²) in [5.41, 5.74) is 3.22. The van der Waals surface area contributed by atoms with Crippen molar-refractivity contribution >= 4 is 11.6 Å². The molecule has 0 spiro atoms. The molecule has 3 aromatic rings. The Morgan fingerprint density at radius 2 is 1.90 bits per heavy atom. The smallest absolute Gasteiger partial charge is 0.260 e. The Morgan fingerprint density at radius 1 is 1.13 bits per heavy atom. The van der Waals surface area contributed by atoms with Crippen LogP contribution in [0.2, 0.25) is 0 Å². The van der Waals surface area contributed by atoms with E-state index in [4.69, 9.17) is 14.0 Å². The van der Waals surface area contributed by atoms with Crippen LogP contribution in [0.15, 0.2) is 40.9 Å². The molecule has 3 rings (SSSR count). The number of nitrogens with zero attached hydrogens (tertiary/aromatic N) is 2. The lowest BCUT2D eigenvalue weighted by molar-refractivity contribution is -0.116. The largest absolute Gasteiger partial charge is 0.493 e. The lowest BCUT2D eigenvalue weighted by Crippen LogP contribution is -2.14. The molecule has 0 saturated carbocycles. The molecule has 1 N–H and O–H groups in total. The maximum absolute atomic E-state index is 12.7. The molecule has 0 aliphatic carbocycles. The van der Waals surface area contributed by atoms with Crippen LogP contribution in [0, 0.1) is 6.92 Å². The first-order valence-electron chi connectivity index (χ1n) is 9.87. The van der Waals surface area contributed by atoms with Gasteiger partial charge in [0.15, 0.2) is 17.3 Å². The zero-order valence-corrected chi connectivity index (χ0v) is 18.0. The number of hydrogen-bond acceptors (Lipinski definition) is 6. The molecule has 2 aromatic carbocycles. The second-order valence-corrected chi connectivity index (χ2v) is 7.31. The van der Waals surface area contributed by atoms with Crippen molar-refractivity contribution in [2.45, 2.75) is 39.5 Å². The summed E-state index contributed by atoms with van der Waals surface area (Å²) in [5, 5.41) is 7.04. The molecule has 7 heteroatoms. The zero-order valence-electron chi connectivity index (χ0n) is 18.0. The average molecular weight is 409 g/mol. The van der Waals surface area contributed by atoms with Crippen LogP contribution in [0.5, 0.6) is 11.5 Å². The van der Waals surface area contributed by atoms with Gasteiger partial charge in [0.25, 0.3) is 5.89 Å². The molecule has 0 saturated heterocycles. The van der Waals surface area contributed by atoms with Gasteiger partial charge in [-0.15, -0.1) is 0 Å². The van der Waals surface area contributed by atoms with Crippen LogP contribution in [0.1, 0.15) is 43.1 Å². The molecular weight excluding hydrogens is 382 g/mol. The van der Waals surface area contributed by atoms with E-state index < -0.39 is 0 Å². The zero-order chi connectivity index (χ0) is 21.7. The molecule has 1 amide bonds. The Balaban J connectivity index is 1.78. The molecule has 0 fully saturated rings. The highest BCUT2D eigenvalue weighted by molar-refractivity contribution is 5.95. The Morgan fingerprint density at radius 3 is 2.57 bits per heavy atom. The quantitative estimate of drug-likeness (QED) is 0.577. The van der Waals surface area contributed by atoms with E-state index in [2.05, 4.69) is 15.5 Å². The fraction of sp³-hybridized carbons (Fsp3) is 0.348. The SMILES string of the molecule is COc1cccc(CCC(=O)Nc2c(C)cccc2-c2nc(C(C)C)no2)c1OC. The van der Waals surface area contributed by atoms with Gasteiger partial charge < -0.3 is 19.3 Å². The van der Waals surface area contributed by atoms with E-state index >= 15 is 0 Å². The lowest BCUT2D eigenvalue weighted by Gasteiger charge is -2.14. The molecule has 0 aliphatic heterocycles. The predicted molar refractivity (Wildman–Crippen MR) is 115 cm³/mol. The number of benzene rings is 2. The first-order chi connectivity index (χ1) is 14.4. The van der Waals surface area contributed by atoms with Gasteiger partial charge in [-0.2, -0.15) is 4.98 Å². The minimum atomic E-state index is -0.112. The van der Waals surface area contributed by atoms with Crippen molar-refractivity contribution in [2.24, 2.45) is 0 Å². The summed E-state index contributed by atoms with van der Waals surface area (Å²) in [5.74, 6) is 2.37. The second-order valence-electron chi connectivity index (χ2n) is 7.31. The number of methoxy groups -OCH3 is 2. The highest BCUT2D eigenvalue weighted by Gasteiger charge is 2.18. The van der Waals surface area contributed by atoms with Crippen molar-refractivity contribution in [3.8, 4) is 23.0 Å². The number of ether oxygens (including phenoxy) is 2. The molecular formula is C23H27N3O4. The summed E-state index contributed by atoms with van der Waals surface area (Å²) in [7, 11) is 3.19. The van der Waals surface area contributed by atoms with Gasteiger partial charge in [0.05, 0.1) is 25.5 Å². The van der Waals surface area contributed by atoms with E-state index in [1.165, 1.54) is 0 Å². The Hall–Kier alpha value is -3.35. The van der Waals surface area contributed by atoms with Gasteiger partial charge in [-0.05, 0) is 36.6 Å². The number of rotatable bonds is 8. The summed E-state index contributed by atoms with van der Waals surface area (Å²) in [6.07, 6.45) is 0.809. The molecule has 1 heterocycles. The van der Waals surface area contributed by atoms with E-state index in [0.717, 1.165) is 11.1 Å². The summed E-state index contributed by atoms with van der Waals surface area (Å²) < 4.78 is 16.2. The maximum atomic E-state index is 12.7. The van der Waals surface area contributed by atoms with Crippen molar-refractivity contribution < 1.29 is 18.8 Å². The van der Waals surface area contributed by atoms with Crippen LogP contribution in [-0.4, -0.2) is 30.3 Å². The fourth-order valence-corrected chi connectivity index (χ4v) is 3.19. The van der Waals surface area contributed by atoms with E-state index in [-0.39, 0.29) is 11.8 Å². The fourth-order valence-electron chi connectivity index (χ4n) is 3.19. The highest BCUT2D eigenvalue weighted by Crippen LogP contribution is 2.33. The van der Waals surface area contributed by atoms with Gasteiger partial charge in [-0.3, -0.25) is 4.79 Å². The van der Waals surface area contributed by atoms with Gasteiger partial charge in [-0.1, -0.05) is 43.3 Å². The van der Waals surface area contributed by atoms with E-state index in [1.54, 1.807) is 14.2 Å². The topological polar surface area (TPSA) is 86.5 Å². The van der Waals surface area contributed by atoms with Gasteiger partial charge in [0.1, 0.15) is 0 Å². The molecule has 7 nitrogen and oxygen atoms in total. The van der Waals surface area contributed by atoms with Gasteiger partial charge in [0.2, 0.25) is 5.91 Å². The first-order valence-corrected chi connectivity index (χ1v) is 9.87. The molecule has 0 aliphatic rings. The van der Waals surface area contributed by atoms with Gasteiger partial charge >= 0.3 is 0 Å². The standard InChI is InChI=1S/C23H27N3O4/c1-14(2)22-25-23(30-26-22)17-10-6-8-15(3)20(17)24-19(27)13-12-16-9-7-11-18(28-4)21(16)29-5/h6-11,14H,12-13H2,1-5H3,(H,24,27). The van der Waals surface area contributed by atoms with E-state index in [1.807, 2.05) is 57.2 Å². The number of aromatic nitrogens is 2. The average Bonchev–Trinajstić information content (AvgIpc) is 3.23. The maximum Gasteiger partial charge on any atom is 0.260 e. The molecule has 0 bridgehead atoms. The molecule has 1 aromatic heterocycles. The normalized spacial score (nSPS) is 10.9. The minimum absolute atomic E-state index is 0.112. The monoisotopic (exact) mass is 409 g/mol. The molecule has 0 radical (unpaired) electrons. The number of aryl methyl sites for hydroxylation is 2. The summed E-state index contributed by atoms with van der Waals surface area (Å²) in [4.78, 5) is 17.2. The Labute approximate surface area is 176 Å². The van der Waals surface area contributed by atoms with E-state index in [0.29, 0.717) is 47.3 Å². The van der Waals surface area contributed by atoms with Crippen molar-refractivity contribution in [1.82, 2.24) is 10.1 Å². The van der Waals surface area contributed by atoms with Crippen LogP contribution < -0.4 is 14.8 Å². The molecule has 0 atom stereocenters. The van der Waals surface area contributed by atoms with Crippen molar-refractivity contribution in [3.63, 3.8) is 0 Å². The van der Waals surface area contributed by atoms with Crippen LogP contribution in [-0.2, 0) is 11.2 Å². The number of amides is 1. The number of anilines is 1. The number of carbonyl (C=O) groups excluding carboxylic acids is 1. The predicted octanol–water partition coefficient (Wildman–Crippen LogP) is 4.76. The van der Waals surface area contributed by atoms with Crippen LogP contribution >= 0.6 is 0 Å². The molecule has 158 valence electrons. The Kier molecular flexibility index (Phi) is 6.72. The van der Waals surface area contributed by atoms with Crippen LogP contribution in [0.3, 0.4) is 0 Å². The van der Waals surface area contributed by atoms with Crippen LogP contribution in [0.25, 0.3) is 11.5 Å². The highest BCUT2D eigenvalue weighted by atomic mass is 16.5. The van der Waals surface area contributed by atoms with Gasteiger partial charge in [0, 0.05) is 12.3 Å². The third-order valence-electron chi connectivity index (χ3n) is 4.83. The number of hydrogen-bond donors (Lipinski definition) is 1. The van der Waals surface area contributed by atoms with Crippen LogP contribution in [0.4, 0.5) is 5.69 Å². The van der Waals surface area contributed by atoms with E-state index in [9.17, 15) is 4.79 Å². The van der Waals surface area contributed by atoms with Gasteiger partial charge in [-0.25, -0.2) is 0 Å². The summed E-state index contributed by atoms with van der Waals surface area (Å²) in [6.45, 7) is 5.94. The number of para-hydroxylation sites is 2. The number of carbonyl (C=O) groups is 1.